The van der Waals surface area contributed by atoms with Crippen molar-refractivity contribution in [3.63, 3.8) is 0 Å². The van der Waals surface area contributed by atoms with Crippen LogP contribution < -0.4 is 15.0 Å². The predicted octanol–water partition coefficient (Wildman–Crippen LogP) is 3.23. The monoisotopic (exact) mass is 279 g/mol. The van der Waals surface area contributed by atoms with E-state index in [4.69, 9.17) is 10.5 Å². The fourth-order valence-corrected chi connectivity index (χ4v) is 2.85. The molecule has 106 valence electrons. The molecule has 2 N–H and O–H groups in total. The summed E-state index contributed by atoms with van der Waals surface area (Å²) in [4.78, 5) is 0. The van der Waals surface area contributed by atoms with Crippen LogP contribution in [0.1, 0.15) is 5.56 Å². The maximum absolute atomic E-state index is 6.06. The Morgan fingerprint density at radius 3 is 2.57 bits per heavy atom. The zero-order chi connectivity index (χ0) is 15.0. The van der Waals surface area contributed by atoms with Gasteiger partial charge in [-0.1, -0.05) is 30.3 Å². The smallest absolute Gasteiger partial charge is 0.257 e. The Balaban J connectivity index is 2.36. The SMILES string of the molecule is COc1c(N)cc[n+](C)c1-c1ccc2ccccc2c1C. The summed E-state index contributed by atoms with van der Waals surface area (Å²) in [6.07, 6.45) is 1.96. The van der Waals surface area contributed by atoms with Crippen molar-refractivity contribution in [1.29, 1.82) is 0 Å². The van der Waals surface area contributed by atoms with E-state index in [0.29, 0.717) is 5.69 Å². The van der Waals surface area contributed by atoms with Gasteiger partial charge < -0.3 is 10.5 Å². The Morgan fingerprint density at radius 2 is 1.81 bits per heavy atom. The van der Waals surface area contributed by atoms with E-state index < -0.39 is 0 Å². The average Bonchev–Trinajstić information content (AvgIpc) is 2.50. The van der Waals surface area contributed by atoms with Gasteiger partial charge in [0, 0.05) is 6.07 Å². The highest BCUT2D eigenvalue weighted by molar-refractivity contribution is 5.91. The van der Waals surface area contributed by atoms with Crippen LogP contribution in [-0.2, 0) is 7.05 Å². The van der Waals surface area contributed by atoms with Gasteiger partial charge in [0.1, 0.15) is 7.05 Å². The number of rotatable bonds is 2. The van der Waals surface area contributed by atoms with Gasteiger partial charge in [-0.25, -0.2) is 0 Å². The van der Waals surface area contributed by atoms with Crippen LogP contribution in [0.3, 0.4) is 0 Å². The Labute approximate surface area is 124 Å². The minimum atomic E-state index is 0.651. The third-order valence-electron chi connectivity index (χ3n) is 3.97. The Morgan fingerprint density at radius 1 is 1.05 bits per heavy atom. The summed E-state index contributed by atoms with van der Waals surface area (Å²) in [6, 6.07) is 14.5. The van der Waals surface area contributed by atoms with Crippen LogP contribution in [0.4, 0.5) is 5.69 Å². The van der Waals surface area contributed by atoms with Crippen molar-refractivity contribution in [3.8, 4) is 17.0 Å². The molecule has 1 heterocycles. The topological polar surface area (TPSA) is 39.1 Å². The molecule has 0 bridgehead atoms. The number of methoxy groups -OCH3 is 1. The molecule has 0 atom stereocenters. The van der Waals surface area contributed by atoms with Crippen molar-refractivity contribution in [2.45, 2.75) is 6.92 Å². The molecule has 0 radical (unpaired) electrons. The number of nitrogens with zero attached hydrogens (tertiary/aromatic N) is 1. The molecule has 0 saturated carbocycles. The van der Waals surface area contributed by atoms with Gasteiger partial charge in [0.2, 0.25) is 5.75 Å². The standard InChI is InChI=1S/C18H18N2O/c1-12-14-7-5-4-6-13(14)8-9-15(12)17-18(21-3)16(19)10-11-20(17)2/h4-11,19H,1-3H3/p+1. The number of hydrogen-bond acceptors (Lipinski definition) is 2. The summed E-state index contributed by atoms with van der Waals surface area (Å²) in [6.45, 7) is 2.14. The Bertz CT molecular complexity index is 825. The van der Waals surface area contributed by atoms with Crippen molar-refractivity contribution in [2.24, 2.45) is 7.05 Å². The van der Waals surface area contributed by atoms with Crippen LogP contribution in [0.25, 0.3) is 22.0 Å². The van der Waals surface area contributed by atoms with Crippen molar-refractivity contribution >= 4 is 16.5 Å². The van der Waals surface area contributed by atoms with E-state index in [2.05, 4.69) is 43.3 Å². The van der Waals surface area contributed by atoms with Gasteiger partial charge in [-0.15, -0.1) is 0 Å². The molecule has 2 aromatic carbocycles. The third-order valence-corrected chi connectivity index (χ3v) is 3.97. The van der Waals surface area contributed by atoms with E-state index in [9.17, 15) is 0 Å². The number of nitrogen functional groups attached to an aromatic ring is 1. The normalized spacial score (nSPS) is 10.8. The maximum atomic E-state index is 6.06. The van der Waals surface area contributed by atoms with Crippen molar-refractivity contribution in [3.05, 3.63) is 54.2 Å². The van der Waals surface area contributed by atoms with Crippen LogP contribution in [0, 0.1) is 6.92 Å². The average molecular weight is 279 g/mol. The minimum absolute atomic E-state index is 0.651. The number of nitrogens with two attached hydrogens (primary N) is 1. The van der Waals surface area contributed by atoms with Crippen LogP contribution >= 0.6 is 0 Å². The van der Waals surface area contributed by atoms with E-state index in [1.165, 1.54) is 16.3 Å². The van der Waals surface area contributed by atoms with E-state index in [1.807, 2.05) is 23.9 Å². The summed E-state index contributed by atoms with van der Waals surface area (Å²) in [7, 11) is 3.66. The molecule has 0 unspecified atom stereocenters. The molecule has 0 fully saturated rings. The number of aryl methyl sites for hydroxylation is 2. The lowest BCUT2D eigenvalue weighted by Crippen LogP contribution is -2.31. The zero-order valence-corrected chi connectivity index (χ0v) is 12.6. The number of fused-ring (bicyclic) bond motifs is 1. The second-order valence-electron chi connectivity index (χ2n) is 5.22. The fraction of sp³-hybridized carbons (Fsp3) is 0.167. The second-order valence-corrected chi connectivity index (χ2v) is 5.22. The molecular weight excluding hydrogens is 260 g/mol. The van der Waals surface area contributed by atoms with Crippen LogP contribution in [0.2, 0.25) is 0 Å². The first-order valence-corrected chi connectivity index (χ1v) is 6.94. The molecule has 0 amide bonds. The Hall–Kier alpha value is -2.55. The molecule has 1 aromatic heterocycles. The molecular formula is C18H19N2O+. The first-order chi connectivity index (χ1) is 10.1. The quantitative estimate of drug-likeness (QED) is 0.731. The van der Waals surface area contributed by atoms with Crippen LogP contribution in [0.5, 0.6) is 5.75 Å². The molecule has 21 heavy (non-hydrogen) atoms. The molecule has 0 aliphatic heterocycles. The molecule has 0 saturated heterocycles. The first kappa shape index (κ1) is 13.4. The first-order valence-electron chi connectivity index (χ1n) is 6.94. The summed E-state index contributed by atoms with van der Waals surface area (Å²) in [5.74, 6) is 0.721. The predicted molar refractivity (Wildman–Crippen MR) is 86.3 cm³/mol. The Kier molecular flexibility index (Phi) is 3.26. The molecule has 3 aromatic rings. The number of ether oxygens (including phenoxy) is 1. The van der Waals surface area contributed by atoms with Gasteiger partial charge in [-0.3, -0.25) is 0 Å². The van der Waals surface area contributed by atoms with Crippen molar-refractivity contribution in [1.82, 2.24) is 0 Å². The largest absolute Gasteiger partial charge is 0.489 e. The lowest BCUT2D eigenvalue weighted by Gasteiger charge is -2.12. The van der Waals surface area contributed by atoms with E-state index in [0.717, 1.165) is 17.0 Å². The van der Waals surface area contributed by atoms with Gasteiger partial charge in [0.05, 0.1) is 18.4 Å². The highest BCUT2D eigenvalue weighted by Gasteiger charge is 2.22. The lowest BCUT2D eigenvalue weighted by molar-refractivity contribution is -0.660. The maximum Gasteiger partial charge on any atom is 0.257 e. The number of benzene rings is 2. The van der Waals surface area contributed by atoms with Gasteiger partial charge in [-0.2, -0.15) is 4.57 Å². The molecule has 0 aliphatic rings. The fourth-order valence-electron chi connectivity index (χ4n) is 2.85. The second kappa shape index (κ2) is 5.09. The number of anilines is 1. The highest BCUT2D eigenvalue weighted by Crippen LogP contribution is 2.35. The third kappa shape index (κ3) is 2.11. The van der Waals surface area contributed by atoms with Crippen molar-refractivity contribution < 1.29 is 9.30 Å². The van der Waals surface area contributed by atoms with Gasteiger partial charge >= 0.3 is 0 Å². The molecule has 3 nitrogen and oxygen atoms in total. The van der Waals surface area contributed by atoms with Gasteiger partial charge in [0.25, 0.3) is 5.69 Å². The molecule has 3 rings (SSSR count). The van der Waals surface area contributed by atoms with Gasteiger partial charge in [0.15, 0.2) is 6.20 Å². The van der Waals surface area contributed by atoms with E-state index in [-0.39, 0.29) is 0 Å². The summed E-state index contributed by atoms with van der Waals surface area (Å²) in [5.41, 5.74) is 10.1. The van der Waals surface area contributed by atoms with E-state index >= 15 is 0 Å². The van der Waals surface area contributed by atoms with Crippen LogP contribution in [0.15, 0.2) is 48.7 Å². The molecule has 3 heteroatoms. The summed E-state index contributed by atoms with van der Waals surface area (Å²) < 4.78 is 7.58. The summed E-state index contributed by atoms with van der Waals surface area (Å²) in [5, 5.41) is 2.49. The summed E-state index contributed by atoms with van der Waals surface area (Å²) >= 11 is 0. The minimum Gasteiger partial charge on any atom is -0.489 e. The number of hydrogen-bond donors (Lipinski definition) is 1. The lowest BCUT2D eigenvalue weighted by atomic mass is 9.97. The number of pyridine rings is 1. The molecule has 0 spiro atoms. The van der Waals surface area contributed by atoms with Gasteiger partial charge in [-0.05, 0) is 29.3 Å². The number of aromatic nitrogens is 1. The highest BCUT2D eigenvalue weighted by atomic mass is 16.5. The zero-order valence-electron chi connectivity index (χ0n) is 12.6. The van der Waals surface area contributed by atoms with Crippen molar-refractivity contribution in [2.75, 3.05) is 12.8 Å². The van der Waals surface area contributed by atoms with Crippen LogP contribution in [-0.4, -0.2) is 7.11 Å². The van der Waals surface area contributed by atoms with E-state index in [1.54, 1.807) is 7.11 Å². The molecule has 0 aliphatic carbocycles.